The Hall–Kier alpha value is -1.60. The lowest BCUT2D eigenvalue weighted by Crippen LogP contribution is -2.14. The Balaban J connectivity index is 1.85. The van der Waals surface area contributed by atoms with Crippen LogP contribution in [0.3, 0.4) is 0 Å². The highest BCUT2D eigenvalue weighted by molar-refractivity contribution is 5.35. The minimum atomic E-state index is 0.713. The fourth-order valence-corrected chi connectivity index (χ4v) is 3.10. The third-order valence-corrected chi connectivity index (χ3v) is 4.12. The summed E-state index contributed by atoms with van der Waals surface area (Å²) in [6, 6.07) is 19.7. The van der Waals surface area contributed by atoms with E-state index >= 15 is 0 Å². The highest BCUT2D eigenvalue weighted by atomic mass is 15.1. The van der Waals surface area contributed by atoms with Crippen molar-refractivity contribution in [3.8, 4) is 0 Å². The predicted octanol–water partition coefficient (Wildman–Crippen LogP) is 3.70. The summed E-state index contributed by atoms with van der Waals surface area (Å²) < 4.78 is 0. The molecular weight excluding hydrogens is 230 g/mol. The summed E-state index contributed by atoms with van der Waals surface area (Å²) in [6.45, 7) is 2.43. The topological polar surface area (TPSA) is 3.24 Å². The molecule has 1 nitrogen and oxygen atoms in total. The molecule has 1 aliphatic rings. The summed E-state index contributed by atoms with van der Waals surface area (Å²) >= 11 is 0. The van der Waals surface area contributed by atoms with Crippen molar-refractivity contribution in [2.45, 2.75) is 18.8 Å². The summed E-state index contributed by atoms with van der Waals surface area (Å²) in [6.07, 6.45) is 2.35. The molecule has 0 amide bonds. The van der Waals surface area contributed by atoms with Crippen molar-refractivity contribution in [3.63, 3.8) is 0 Å². The van der Waals surface area contributed by atoms with Crippen LogP contribution in [0.1, 0.15) is 29.0 Å². The van der Waals surface area contributed by atoms with Crippen molar-refractivity contribution >= 4 is 0 Å². The maximum Gasteiger partial charge on any atom is 0.00478 e. The van der Waals surface area contributed by atoms with Gasteiger partial charge in [-0.15, -0.1) is 0 Å². The largest absolute Gasteiger partial charge is 0.306 e. The SMILES string of the molecule is CN1CCC(c2ccccc2Cc2ccccc2)C1. The van der Waals surface area contributed by atoms with Crippen molar-refractivity contribution in [3.05, 3.63) is 71.3 Å². The molecule has 0 bridgehead atoms. The van der Waals surface area contributed by atoms with Gasteiger partial charge in [-0.1, -0.05) is 54.6 Å². The summed E-state index contributed by atoms with van der Waals surface area (Å²) in [5.41, 5.74) is 4.45. The molecule has 0 aromatic heterocycles. The number of likely N-dealkylation sites (N-methyl/N-ethyl adjacent to an activating group) is 1. The smallest absolute Gasteiger partial charge is 0.00478 e. The molecule has 1 atom stereocenters. The molecule has 1 aliphatic heterocycles. The van der Waals surface area contributed by atoms with Crippen LogP contribution in [0.25, 0.3) is 0 Å². The molecule has 1 unspecified atom stereocenters. The number of hydrogen-bond donors (Lipinski definition) is 0. The Morgan fingerprint density at radius 2 is 1.74 bits per heavy atom. The fourth-order valence-electron chi connectivity index (χ4n) is 3.10. The fraction of sp³-hybridized carbons (Fsp3) is 0.333. The number of likely N-dealkylation sites (tertiary alicyclic amines) is 1. The second-order valence-corrected chi connectivity index (χ2v) is 5.61. The minimum absolute atomic E-state index is 0.713. The average Bonchev–Trinajstić information content (AvgIpc) is 2.87. The molecule has 19 heavy (non-hydrogen) atoms. The van der Waals surface area contributed by atoms with Crippen molar-refractivity contribution < 1.29 is 0 Å². The Kier molecular flexibility index (Phi) is 3.65. The van der Waals surface area contributed by atoms with Gasteiger partial charge in [0.2, 0.25) is 0 Å². The Labute approximate surface area is 115 Å². The highest BCUT2D eigenvalue weighted by Crippen LogP contribution is 2.29. The maximum atomic E-state index is 2.43. The van der Waals surface area contributed by atoms with E-state index in [1.165, 1.54) is 30.6 Å². The quantitative estimate of drug-likeness (QED) is 0.804. The highest BCUT2D eigenvalue weighted by Gasteiger charge is 2.22. The van der Waals surface area contributed by atoms with Crippen LogP contribution < -0.4 is 0 Å². The van der Waals surface area contributed by atoms with E-state index in [0.717, 1.165) is 6.42 Å². The average molecular weight is 251 g/mol. The minimum Gasteiger partial charge on any atom is -0.306 e. The third kappa shape index (κ3) is 2.87. The predicted molar refractivity (Wildman–Crippen MR) is 80.5 cm³/mol. The molecule has 1 saturated heterocycles. The summed E-state index contributed by atoms with van der Waals surface area (Å²) in [4.78, 5) is 2.43. The van der Waals surface area contributed by atoms with E-state index in [0.29, 0.717) is 5.92 Å². The summed E-state index contributed by atoms with van der Waals surface area (Å²) in [5, 5.41) is 0. The Morgan fingerprint density at radius 1 is 1.00 bits per heavy atom. The monoisotopic (exact) mass is 251 g/mol. The van der Waals surface area contributed by atoms with E-state index in [1.54, 1.807) is 5.56 Å². The molecular formula is C18H21N. The van der Waals surface area contributed by atoms with Crippen molar-refractivity contribution in [1.82, 2.24) is 4.90 Å². The van der Waals surface area contributed by atoms with Gasteiger partial charge in [-0.2, -0.15) is 0 Å². The molecule has 0 saturated carbocycles. The molecule has 1 heterocycles. The zero-order valence-electron chi connectivity index (χ0n) is 11.5. The van der Waals surface area contributed by atoms with Crippen LogP contribution in [0, 0.1) is 0 Å². The van der Waals surface area contributed by atoms with Crippen LogP contribution in [0.2, 0.25) is 0 Å². The summed E-state index contributed by atoms with van der Waals surface area (Å²) in [7, 11) is 2.22. The molecule has 0 spiro atoms. The van der Waals surface area contributed by atoms with Gasteiger partial charge in [-0.3, -0.25) is 0 Å². The van der Waals surface area contributed by atoms with E-state index in [-0.39, 0.29) is 0 Å². The first-order chi connectivity index (χ1) is 9.33. The lowest BCUT2D eigenvalue weighted by molar-refractivity contribution is 0.411. The number of nitrogens with zero attached hydrogens (tertiary/aromatic N) is 1. The van der Waals surface area contributed by atoms with Crippen LogP contribution in [0.5, 0.6) is 0 Å². The molecule has 0 N–H and O–H groups in total. The maximum absolute atomic E-state index is 2.43. The lowest BCUT2D eigenvalue weighted by Gasteiger charge is -2.16. The number of benzene rings is 2. The van der Waals surface area contributed by atoms with Crippen LogP contribution in [0.4, 0.5) is 0 Å². The molecule has 2 aromatic rings. The molecule has 0 aliphatic carbocycles. The second-order valence-electron chi connectivity index (χ2n) is 5.61. The lowest BCUT2D eigenvalue weighted by atomic mass is 9.90. The number of hydrogen-bond acceptors (Lipinski definition) is 1. The first-order valence-corrected chi connectivity index (χ1v) is 7.13. The Bertz CT molecular complexity index is 532. The van der Waals surface area contributed by atoms with Crippen LogP contribution in [-0.4, -0.2) is 25.0 Å². The molecule has 0 radical (unpaired) electrons. The van der Waals surface area contributed by atoms with Gasteiger partial charge in [0.05, 0.1) is 0 Å². The van der Waals surface area contributed by atoms with Crippen molar-refractivity contribution in [1.29, 1.82) is 0 Å². The van der Waals surface area contributed by atoms with Gasteiger partial charge in [0.15, 0.2) is 0 Å². The van der Waals surface area contributed by atoms with E-state index < -0.39 is 0 Å². The van der Waals surface area contributed by atoms with Gasteiger partial charge >= 0.3 is 0 Å². The zero-order valence-corrected chi connectivity index (χ0v) is 11.5. The van der Waals surface area contributed by atoms with E-state index in [2.05, 4.69) is 66.5 Å². The van der Waals surface area contributed by atoms with Gasteiger partial charge in [0.25, 0.3) is 0 Å². The number of rotatable bonds is 3. The van der Waals surface area contributed by atoms with Gasteiger partial charge in [-0.25, -0.2) is 0 Å². The first-order valence-electron chi connectivity index (χ1n) is 7.13. The van der Waals surface area contributed by atoms with Crippen LogP contribution in [0.15, 0.2) is 54.6 Å². The van der Waals surface area contributed by atoms with Gasteiger partial charge < -0.3 is 4.90 Å². The van der Waals surface area contributed by atoms with Gasteiger partial charge in [-0.05, 0) is 49.0 Å². The van der Waals surface area contributed by atoms with Gasteiger partial charge in [0.1, 0.15) is 0 Å². The zero-order chi connectivity index (χ0) is 13.1. The normalized spacial score (nSPS) is 19.7. The molecule has 3 rings (SSSR count). The van der Waals surface area contributed by atoms with Crippen molar-refractivity contribution in [2.24, 2.45) is 0 Å². The van der Waals surface area contributed by atoms with Crippen LogP contribution in [-0.2, 0) is 6.42 Å². The van der Waals surface area contributed by atoms with E-state index in [4.69, 9.17) is 0 Å². The van der Waals surface area contributed by atoms with E-state index in [1.807, 2.05) is 0 Å². The Morgan fingerprint density at radius 3 is 2.47 bits per heavy atom. The summed E-state index contributed by atoms with van der Waals surface area (Å²) in [5.74, 6) is 0.713. The van der Waals surface area contributed by atoms with Gasteiger partial charge in [0, 0.05) is 6.54 Å². The second kappa shape index (κ2) is 5.58. The van der Waals surface area contributed by atoms with Crippen LogP contribution >= 0.6 is 0 Å². The molecule has 1 fully saturated rings. The standard InChI is InChI=1S/C18H21N/c1-19-12-11-17(14-19)18-10-6-5-9-16(18)13-15-7-3-2-4-8-15/h2-10,17H,11-14H2,1H3. The first kappa shape index (κ1) is 12.4. The molecule has 1 heteroatoms. The van der Waals surface area contributed by atoms with E-state index in [9.17, 15) is 0 Å². The third-order valence-electron chi connectivity index (χ3n) is 4.12. The van der Waals surface area contributed by atoms with Crippen molar-refractivity contribution in [2.75, 3.05) is 20.1 Å². The molecule has 98 valence electrons. The molecule has 2 aromatic carbocycles.